The predicted octanol–water partition coefficient (Wildman–Crippen LogP) is 1.91. The third-order valence-corrected chi connectivity index (χ3v) is 3.43. The minimum Gasteiger partial charge on any atom is -0.356 e. The van der Waals surface area contributed by atoms with E-state index >= 15 is 0 Å². The maximum Gasteiger partial charge on any atom is 0.285 e. The highest BCUT2D eigenvalue weighted by molar-refractivity contribution is 6.20. The number of benzene rings is 1. The molecular formula is C16H20N2O4. The number of hydrogen-bond acceptors (Lipinski definition) is 4. The number of nitrogens with zero attached hydrogens (tertiary/aromatic N) is 1. The molecule has 6 nitrogen and oxygen atoms in total. The standard InChI is InChI=1S/C16H20N2O4/c1-3-17-14(19)10-6-7-11(2)22-18-15(20)12-8-4-5-9-13(12)16(18)21/h4-5,8-9,11H,3,6-7,10H2,1-2H3,(H,17,19). The van der Waals surface area contributed by atoms with E-state index in [2.05, 4.69) is 5.32 Å². The number of carbonyl (C=O) groups excluding carboxylic acids is 3. The SMILES string of the molecule is CCNC(=O)CCCC(C)ON1C(=O)c2ccccc2C1=O. The van der Waals surface area contributed by atoms with Crippen molar-refractivity contribution in [2.75, 3.05) is 6.54 Å². The summed E-state index contributed by atoms with van der Waals surface area (Å²) in [6.45, 7) is 4.26. The van der Waals surface area contributed by atoms with E-state index in [0.717, 1.165) is 5.06 Å². The van der Waals surface area contributed by atoms with Gasteiger partial charge in [0.05, 0.1) is 17.2 Å². The Hall–Kier alpha value is -2.21. The van der Waals surface area contributed by atoms with Gasteiger partial charge in [-0.05, 0) is 38.8 Å². The molecule has 1 atom stereocenters. The summed E-state index contributed by atoms with van der Waals surface area (Å²) in [5.41, 5.74) is 0.726. The second-order valence-corrected chi connectivity index (χ2v) is 5.21. The molecule has 2 rings (SSSR count). The maximum absolute atomic E-state index is 12.1. The molecule has 0 spiro atoms. The summed E-state index contributed by atoms with van der Waals surface area (Å²) < 4.78 is 0. The van der Waals surface area contributed by atoms with Crippen molar-refractivity contribution in [2.45, 2.75) is 39.2 Å². The van der Waals surface area contributed by atoms with Crippen LogP contribution in [0.25, 0.3) is 0 Å². The number of amides is 3. The topological polar surface area (TPSA) is 75.7 Å². The molecule has 22 heavy (non-hydrogen) atoms. The van der Waals surface area contributed by atoms with E-state index in [0.29, 0.717) is 36.9 Å². The lowest BCUT2D eigenvalue weighted by Crippen LogP contribution is -2.33. The van der Waals surface area contributed by atoms with Gasteiger partial charge in [0.15, 0.2) is 0 Å². The Labute approximate surface area is 129 Å². The highest BCUT2D eigenvalue weighted by Crippen LogP contribution is 2.24. The molecule has 1 aliphatic rings. The predicted molar refractivity (Wildman–Crippen MR) is 80.0 cm³/mol. The van der Waals surface area contributed by atoms with Crippen molar-refractivity contribution < 1.29 is 19.2 Å². The van der Waals surface area contributed by atoms with Crippen molar-refractivity contribution in [1.82, 2.24) is 10.4 Å². The normalized spacial score (nSPS) is 14.9. The number of fused-ring (bicyclic) bond motifs is 1. The van der Waals surface area contributed by atoms with Crippen LogP contribution >= 0.6 is 0 Å². The fourth-order valence-electron chi connectivity index (χ4n) is 2.33. The summed E-state index contributed by atoms with van der Waals surface area (Å²) in [6, 6.07) is 6.64. The number of hydrogen-bond donors (Lipinski definition) is 1. The summed E-state index contributed by atoms with van der Waals surface area (Å²) >= 11 is 0. The van der Waals surface area contributed by atoms with Gasteiger partial charge in [0.1, 0.15) is 0 Å². The number of carbonyl (C=O) groups is 3. The van der Waals surface area contributed by atoms with Crippen LogP contribution < -0.4 is 5.32 Å². The Balaban J connectivity index is 1.86. The molecule has 0 bridgehead atoms. The van der Waals surface area contributed by atoms with Gasteiger partial charge in [-0.2, -0.15) is 0 Å². The Morgan fingerprint density at radius 1 is 1.23 bits per heavy atom. The Kier molecular flexibility index (Phi) is 5.27. The molecule has 118 valence electrons. The first kappa shape index (κ1) is 16.2. The number of imide groups is 1. The quantitative estimate of drug-likeness (QED) is 0.781. The van der Waals surface area contributed by atoms with Crippen LogP contribution in [0.4, 0.5) is 0 Å². The molecule has 1 heterocycles. The highest BCUT2D eigenvalue weighted by atomic mass is 16.7. The average Bonchev–Trinajstić information content (AvgIpc) is 2.73. The van der Waals surface area contributed by atoms with Crippen molar-refractivity contribution in [3.63, 3.8) is 0 Å². The second-order valence-electron chi connectivity index (χ2n) is 5.21. The van der Waals surface area contributed by atoms with Crippen LogP contribution in [-0.4, -0.2) is 35.4 Å². The monoisotopic (exact) mass is 304 g/mol. The van der Waals surface area contributed by atoms with Crippen LogP contribution in [0.15, 0.2) is 24.3 Å². The Bertz CT molecular complexity index is 550. The summed E-state index contributed by atoms with van der Waals surface area (Å²) in [4.78, 5) is 41.1. The molecule has 0 aliphatic carbocycles. The molecule has 1 unspecified atom stereocenters. The Morgan fingerprint density at radius 3 is 2.36 bits per heavy atom. The highest BCUT2D eigenvalue weighted by Gasteiger charge is 2.37. The third-order valence-electron chi connectivity index (χ3n) is 3.43. The molecule has 3 amide bonds. The van der Waals surface area contributed by atoms with E-state index in [1.54, 1.807) is 31.2 Å². The van der Waals surface area contributed by atoms with Crippen molar-refractivity contribution in [1.29, 1.82) is 0 Å². The lowest BCUT2D eigenvalue weighted by Gasteiger charge is -2.19. The van der Waals surface area contributed by atoms with Crippen LogP contribution in [0.1, 0.15) is 53.8 Å². The smallest absolute Gasteiger partial charge is 0.285 e. The van der Waals surface area contributed by atoms with Gasteiger partial charge in [-0.3, -0.25) is 19.2 Å². The lowest BCUT2D eigenvalue weighted by atomic mass is 10.1. The summed E-state index contributed by atoms with van der Waals surface area (Å²) in [6.07, 6.45) is 1.31. The van der Waals surface area contributed by atoms with Gasteiger partial charge in [-0.15, -0.1) is 5.06 Å². The Morgan fingerprint density at radius 2 is 1.82 bits per heavy atom. The number of rotatable bonds is 7. The van der Waals surface area contributed by atoms with E-state index in [1.165, 1.54) is 0 Å². The molecule has 0 fully saturated rings. The number of nitrogens with one attached hydrogen (secondary N) is 1. The molecule has 1 aliphatic heterocycles. The zero-order chi connectivity index (χ0) is 16.1. The molecule has 1 aromatic carbocycles. The zero-order valence-corrected chi connectivity index (χ0v) is 12.8. The van der Waals surface area contributed by atoms with Crippen molar-refractivity contribution >= 4 is 17.7 Å². The molecule has 0 radical (unpaired) electrons. The van der Waals surface area contributed by atoms with Gasteiger partial charge in [0.2, 0.25) is 5.91 Å². The first-order chi connectivity index (χ1) is 10.5. The van der Waals surface area contributed by atoms with Gasteiger partial charge >= 0.3 is 0 Å². The molecule has 0 saturated carbocycles. The molecular weight excluding hydrogens is 284 g/mol. The molecule has 1 N–H and O–H groups in total. The molecule has 6 heteroatoms. The van der Waals surface area contributed by atoms with Gasteiger partial charge in [0.25, 0.3) is 11.8 Å². The summed E-state index contributed by atoms with van der Waals surface area (Å²) in [7, 11) is 0. The van der Waals surface area contributed by atoms with Crippen LogP contribution in [-0.2, 0) is 9.63 Å². The van der Waals surface area contributed by atoms with Crippen molar-refractivity contribution in [3.8, 4) is 0 Å². The van der Waals surface area contributed by atoms with Gasteiger partial charge in [0, 0.05) is 13.0 Å². The maximum atomic E-state index is 12.1. The van der Waals surface area contributed by atoms with Crippen molar-refractivity contribution in [3.05, 3.63) is 35.4 Å². The van der Waals surface area contributed by atoms with Gasteiger partial charge in [-0.25, -0.2) is 0 Å². The summed E-state index contributed by atoms with van der Waals surface area (Å²) in [5.74, 6) is -0.872. The minimum atomic E-state index is -0.434. The van der Waals surface area contributed by atoms with E-state index in [4.69, 9.17) is 4.84 Å². The average molecular weight is 304 g/mol. The fourth-order valence-corrected chi connectivity index (χ4v) is 2.33. The number of hydroxylamine groups is 2. The molecule has 0 saturated heterocycles. The third kappa shape index (κ3) is 3.51. The van der Waals surface area contributed by atoms with Crippen LogP contribution in [0, 0.1) is 0 Å². The van der Waals surface area contributed by atoms with Crippen molar-refractivity contribution in [2.24, 2.45) is 0 Å². The van der Waals surface area contributed by atoms with E-state index < -0.39 is 11.8 Å². The molecule has 0 aromatic heterocycles. The zero-order valence-electron chi connectivity index (χ0n) is 12.8. The van der Waals surface area contributed by atoms with Crippen LogP contribution in [0.2, 0.25) is 0 Å². The van der Waals surface area contributed by atoms with Gasteiger partial charge in [-0.1, -0.05) is 12.1 Å². The minimum absolute atomic E-state index is 0.00423. The largest absolute Gasteiger partial charge is 0.356 e. The van der Waals surface area contributed by atoms with Crippen LogP contribution in [0.5, 0.6) is 0 Å². The first-order valence-electron chi connectivity index (χ1n) is 7.46. The van der Waals surface area contributed by atoms with Crippen LogP contribution in [0.3, 0.4) is 0 Å². The van der Waals surface area contributed by atoms with E-state index in [1.807, 2.05) is 6.92 Å². The van der Waals surface area contributed by atoms with E-state index in [-0.39, 0.29) is 12.0 Å². The molecule has 1 aromatic rings. The lowest BCUT2D eigenvalue weighted by molar-refractivity contribution is -0.130. The first-order valence-corrected chi connectivity index (χ1v) is 7.46. The second kappa shape index (κ2) is 7.17. The summed E-state index contributed by atoms with van der Waals surface area (Å²) in [5, 5.41) is 3.54. The van der Waals surface area contributed by atoms with Gasteiger partial charge < -0.3 is 5.32 Å². The fraction of sp³-hybridized carbons (Fsp3) is 0.438. The van der Waals surface area contributed by atoms with E-state index in [9.17, 15) is 14.4 Å².